The van der Waals surface area contributed by atoms with Crippen LogP contribution in [0.4, 0.5) is 0 Å². The topological polar surface area (TPSA) is 50.7 Å². The fraction of sp³-hybridized carbons (Fsp3) is 0.125. The van der Waals surface area contributed by atoms with Crippen molar-refractivity contribution in [3.8, 4) is 5.75 Å². The van der Waals surface area contributed by atoms with E-state index in [2.05, 4.69) is 10.5 Å². The molecule has 0 aromatic heterocycles. The van der Waals surface area contributed by atoms with E-state index in [4.69, 9.17) is 27.9 Å². The van der Waals surface area contributed by atoms with Gasteiger partial charge in [0.1, 0.15) is 5.75 Å². The standard InChI is InChI=1S/C16H14Cl2N2O2/c1-11-5-7-12(8-6-11)22-10-16(21)20-19-9-13-14(17)3-2-4-15(13)18/h2-9H,10H2,1H3,(H,20,21)/b19-9-. The normalized spacial score (nSPS) is 10.7. The van der Waals surface area contributed by atoms with Gasteiger partial charge in [-0.15, -0.1) is 0 Å². The van der Waals surface area contributed by atoms with E-state index in [1.165, 1.54) is 6.21 Å². The molecule has 2 aromatic carbocycles. The molecule has 4 nitrogen and oxygen atoms in total. The maximum Gasteiger partial charge on any atom is 0.277 e. The molecular formula is C16H14Cl2N2O2. The van der Waals surface area contributed by atoms with Crippen LogP contribution in [0.1, 0.15) is 11.1 Å². The van der Waals surface area contributed by atoms with Crippen molar-refractivity contribution < 1.29 is 9.53 Å². The number of hydrogen-bond donors (Lipinski definition) is 1. The van der Waals surface area contributed by atoms with Gasteiger partial charge in [0, 0.05) is 5.56 Å². The highest BCUT2D eigenvalue weighted by Gasteiger charge is 2.04. The van der Waals surface area contributed by atoms with Crippen LogP contribution in [-0.2, 0) is 4.79 Å². The lowest BCUT2D eigenvalue weighted by molar-refractivity contribution is -0.123. The Balaban J connectivity index is 1.85. The van der Waals surface area contributed by atoms with Crippen LogP contribution in [0.25, 0.3) is 0 Å². The first kappa shape index (κ1) is 16.3. The van der Waals surface area contributed by atoms with Gasteiger partial charge in [0.15, 0.2) is 6.61 Å². The third-order valence-electron chi connectivity index (χ3n) is 2.77. The quantitative estimate of drug-likeness (QED) is 0.666. The van der Waals surface area contributed by atoms with Crippen molar-refractivity contribution in [3.05, 3.63) is 63.6 Å². The van der Waals surface area contributed by atoms with Crippen LogP contribution >= 0.6 is 23.2 Å². The summed E-state index contributed by atoms with van der Waals surface area (Å²) in [6.45, 7) is 1.85. The molecule has 0 saturated carbocycles. The molecule has 0 aliphatic carbocycles. The fourth-order valence-corrected chi connectivity index (χ4v) is 2.11. The predicted molar refractivity (Wildman–Crippen MR) is 88.9 cm³/mol. The van der Waals surface area contributed by atoms with E-state index in [0.717, 1.165) is 5.56 Å². The van der Waals surface area contributed by atoms with Crippen LogP contribution in [0.3, 0.4) is 0 Å². The molecule has 0 radical (unpaired) electrons. The van der Waals surface area contributed by atoms with Crippen LogP contribution < -0.4 is 10.2 Å². The van der Waals surface area contributed by atoms with Crippen molar-refractivity contribution in [2.45, 2.75) is 6.92 Å². The van der Waals surface area contributed by atoms with Crippen molar-refractivity contribution >= 4 is 35.3 Å². The van der Waals surface area contributed by atoms with Crippen molar-refractivity contribution in [2.75, 3.05) is 6.61 Å². The van der Waals surface area contributed by atoms with Gasteiger partial charge < -0.3 is 4.74 Å². The predicted octanol–water partition coefficient (Wildman–Crippen LogP) is 3.83. The fourth-order valence-electron chi connectivity index (χ4n) is 1.62. The third-order valence-corrected chi connectivity index (χ3v) is 3.43. The summed E-state index contributed by atoms with van der Waals surface area (Å²) in [6, 6.07) is 12.5. The molecule has 0 aliphatic rings. The smallest absolute Gasteiger partial charge is 0.277 e. The van der Waals surface area contributed by atoms with E-state index < -0.39 is 0 Å². The Morgan fingerprint density at radius 1 is 1.18 bits per heavy atom. The second-order valence-electron chi connectivity index (χ2n) is 4.53. The number of ether oxygens (including phenoxy) is 1. The van der Waals surface area contributed by atoms with Gasteiger partial charge in [-0.05, 0) is 31.2 Å². The minimum Gasteiger partial charge on any atom is -0.484 e. The molecule has 0 fully saturated rings. The van der Waals surface area contributed by atoms with Crippen LogP contribution in [0.2, 0.25) is 10.0 Å². The second-order valence-corrected chi connectivity index (χ2v) is 5.34. The van der Waals surface area contributed by atoms with Gasteiger partial charge in [-0.1, -0.05) is 47.0 Å². The van der Waals surface area contributed by atoms with E-state index >= 15 is 0 Å². The Morgan fingerprint density at radius 2 is 1.82 bits per heavy atom. The first-order valence-corrected chi connectivity index (χ1v) is 7.27. The zero-order valence-corrected chi connectivity index (χ0v) is 13.4. The number of nitrogens with one attached hydrogen (secondary N) is 1. The van der Waals surface area contributed by atoms with Crippen LogP contribution in [-0.4, -0.2) is 18.7 Å². The lowest BCUT2D eigenvalue weighted by Crippen LogP contribution is -2.24. The molecule has 2 rings (SSSR count). The molecule has 2 aromatic rings. The molecule has 114 valence electrons. The van der Waals surface area contributed by atoms with E-state index in [1.54, 1.807) is 30.3 Å². The Hall–Kier alpha value is -2.04. The number of amides is 1. The minimum absolute atomic E-state index is 0.128. The summed E-state index contributed by atoms with van der Waals surface area (Å²) in [6.07, 6.45) is 1.40. The molecule has 0 bridgehead atoms. The number of hydrazone groups is 1. The van der Waals surface area contributed by atoms with Crippen molar-refractivity contribution in [2.24, 2.45) is 5.10 Å². The number of rotatable bonds is 5. The number of benzene rings is 2. The minimum atomic E-state index is -0.375. The SMILES string of the molecule is Cc1ccc(OCC(=O)N/N=C\c2c(Cl)cccc2Cl)cc1. The maximum absolute atomic E-state index is 11.6. The van der Waals surface area contributed by atoms with Gasteiger partial charge in [0.05, 0.1) is 16.3 Å². The second kappa shape index (κ2) is 7.82. The monoisotopic (exact) mass is 336 g/mol. The molecule has 0 heterocycles. The molecule has 1 N–H and O–H groups in total. The number of carbonyl (C=O) groups excluding carboxylic acids is 1. The van der Waals surface area contributed by atoms with E-state index in [9.17, 15) is 4.79 Å². The molecule has 0 saturated heterocycles. The average molecular weight is 337 g/mol. The highest BCUT2D eigenvalue weighted by Crippen LogP contribution is 2.21. The number of hydrogen-bond acceptors (Lipinski definition) is 3. The number of halogens is 2. The number of carbonyl (C=O) groups is 1. The molecule has 0 aliphatic heterocycles. The molecule has 1 amide bonds. The van der Waals surface area contributed by atoms with Gasteiger partial charge >= 0.3 is 0 Å². The van der Waals surface area contributed by atoms with E-state index in [0.29, 0.717) is 21.4 Å². The first-order valence-electron chi connectivity index (χ1n) is 6.51. The van der Waals surface area contributed by atoms with Gasteiger partial charge in [-0.3, -0.25) is 4.79 Å². The summed E-state index contributed by atoms with van der Waals surface area (Å²) < 4.78 is 5.33. The Morgan fingerprint density at radius 3 is 2.45 bits per heavy atom. The number of aryl methyl sites for hydroxylation is 1. The molecule has 0 atom stereocenters. The molecular weight excluding hydrogens is 323 g/mol. The summed E-state index contributed by atoms with van der Waals surface area (Å²) in [4.78, 5) is 11.6. The lowest BCUT2D eigenvalue weighted by atomic mass is 10.2. The highest BCUT2D eigenvalue weighted by molar-refractivity contribution is 6.38. The highest BCUT2D eigenvalue weighted by atomic mass is 35.5. The van der Waals surface area contributed by atoms with Crippen LogP contribution in [0, 0.1) is 6.92 Å². The first-order chi connectivity index (χ1) is 10.6. The molecule has 0 spiro atoms. The van der Waals surface area contributed by atoms with Gasteiger partial charge in [0.25, 0.3) is 5.91 Å². The summed E-state index contributed by atoms with van der Waals surface area (Å²) in [5.41, 5.74) is 4.03. The molecule has 0 unspecified atom stereocenters. The summed E-state index contributed by atoms with van der Waals surface area (Å²) in [5, 5.41) is 4.74. The van der Waals surface area contributed by atoms with Crippen molar-refractivity contribution in [3.63, 3.8) is 0 Å². The van der Waals surface area contributed by atoms with Crippen molar-refractivity contribution in [1.29, 1.82) is 0 Å². The Bertz CT molecular complexity index is 665. The Labute approximate surface area is 138 Å². The van der Waals surface area contributed by atoms with Gasteiger partial charge in [-0.25, -0.2) is 5.43 Å². The molecule has 6 heteroatoms. The maximum atomic E-state index is 11.6. The zero-order chi connectivity index (χ0) is 15.9. The summed E-state index contributed by atoms with van der Waals surface area (Å²) in [7, 11) is 0. The third kappa shape index (κ3) is 4.76. The van der Waals surface area contributed by atoms with Crippen LogP contribution in [0.5, 0.6) is 5.75 Å². The summed E-state index contributed by atoms with van der Waals surface area (Å²) >= 11 is 12.0. The summed E-state index contributed by atoms with van der Waals surface area (Å²) in [5.74, 6) is 0.249. The lowest BCUT2D eigenvalue weighted by Gasteiger charge is -2.05. The van der Waals surface area contributed by atoms with E-state index in [-0.39, 0.29) is 12.5 Å². The largest absolute Gasteiger partial charge is 0.484 e. The van der Waals surface area contributed by atoms with Crippen molar-refractivity contribution in [1.82, 2.24) is 5.43 Å². The molecule has 22 heavy (non-hydrogen) atoms. The average Bonchev–Trinajstić information content (AvgIpc) is 2.50. The Kier molecular flexibility index (Phi) is 5.81. The van der Waals surface area contributed by atoms with Crippen LogP contribution in [0.15, 0.2) is 47.6 Å². The number of nitrogens with zero attached hydrogens (tertiary/aromatic N) is 1. The van der Waals surface area contributed by atoms with Gasteiger partial charge in [-0.2, -0.15) is 5.10 Å². The zero-order valence-electron chi connectivity index (χ0n) is 11.8. The van der Waals surface area contributed by atoms with Gasteiger partial charge in [0.2, 0.25) is 0 Å². The van der Waals surface area contributed by atoms with E-state index in [1.807, 2.05) is 19.1 Å².